The molecule has 0 saturated heterocycles. The second kappa shape index (κ2) is 7.83. The van der Waals surface area contributed by atoms with Gasteiger partial charge in [-0.15, -0.1) is 0 Å². The van der Waals surface area contributed by atoms with E-state index in [-0.39, 0.29) is 17.9 Å². The third-order valence-corrected chi connectivity index (χ3v) is 3.33. The topological polar surface area (TPSA) is 55.4 Å². The van der Waals surface area contributed by atoms with Gasteiger partial charge in [-0.2, -0.15) is 13.2 Å². The Hall–Kier alpha value is -2.83. The Morgan fingerprint density at radius 3 is 2.28 bits per heavy atom. The van der Waals surface area contributed by atoms with Gasteiger partial charge in [-0.3, -0.25) is 9.59 Å². The monoisotopic (exact) mass is 351 g/mol. The summed E-state index contributed by atoms with van der Waals surface area (Å²) >= 11 is 0. The molecule has 0 atom stereocenters. The highest BCUT2D eigenvalue weighted by Crippen LogP contribution is 2.32. The molecular weight excluding hydrogens is 335 g/mol. The molecule has 0 aliphatic heterocycles. The van der Waals surface area contributed by atoms with Crippen molar-refractivity contribution in [2.75, 3.05) is 5.32 Å². The van der Waals surface area contributed by atoms with Gasteiger partial charge in [0.05, 0.1) is 12.0 Å². The van der Waals surface area contributed by atoms with Crippen LogP contribution in [0, 0.1) is 0 Å². The van der Waals surface area contributed by atoms with Crippen LogP contribution in [0.15, 0.2) is 48.5 Å². The van der Waals surface area contributed by atoms with Crippen molar-refractivity contribution in [2.45, 2.75) is 26.1 Å². The lowest BCUT2D eigenvalue weighted by Gasteiger charge is -2.13. The fourth-order valence-electron chi connectivity index (χ4n) is 2.21. The normalized spacial score (nSPS) is 11.0. The van der Waals surface area contributed by atoms with E-state index in [4.69, 9.17) is 4.74 Å². The number of ether oxygens (including phenoxy) is 1. The predicted molar refractivity (Wildman–Crippen MR) is 85.7 cm³/mol. The Balaban J connectivity index is 1.94. The lowest BCUT2D eigenvalue weighted by atomic mass is 10.1. The van der Waals surface area contributed by atoms with Crippen LogP contribution in [0.25, 0.3) is 0 Å². The summed E-state index contributed by atoms with van der Waals surface area (Å²) in [4.78, 5) is 22.8. The first-order valence-corrected chi connectivity index (χ1v) is 7.43. The molecule has 4 nitrogen and oxygen atoms in total. The molecule has 2 aromatic rings. The van der Waals surface area contributed by atoms with Crippen molar-refractivity contribution in [3.05, 3.63) is 65.2 Å². The van der Waals surface area contributed by atoms with Gasteiger partial charge in [-0.1, -0.05) is 30.3 Å². The second-order valence-corrected chi connectivity index (χ2v) is 5.37. The SMILES string of the molecule is CC(=O)Nc1ccc(CC(=O)OCc2ccccc2C(F)(F)F)cc1. The summed E-state index contributed by atoms with van der Waals surface area (Å²) < 4.78 is 43.6. The lowest BCUT2D eigenvalue weighted by molar-refractivity contribution is -0.147. The fraction of sp³-hybridized carbons (Fsp3) is 0.222. The van der Waals surface area contributed by atoms with Gasteiger partial charge in [0.1, 0.15) is 6.61 Å². The summed E-state index contributed by atoms with van der Waals surface area (Å²) in [6, 6.07) is 11.5. The highest BCUT2D eigenvalue weighted by Gasteiger charge is 2.33. The highest BCUT2D eigenvalue weighted by molar-refractivity contribution is 5.88. The van der Waals surface area contributed by atoms with E-state index < -0.39 is 24.3 Å². The summed E-state index contributed by atoms with van der Waals surface area (Å²) in [5, 5.41) is 2.59. The van der Waals surface area contributed by atoms with Crippen molar-refractivity contribution in [1.82, 2.24) is 0 Å². The third-order valence-electron chi connectivity index (χ3n) is 3.33. The Morgan fingerprint density at radius 2 is 1.68 bits per heavy atom. The molecule has 2 rings (SSSR count). The number of halogens is 3. The molecule has 7 heteroatoms. The number of esters is 1. The van der Waals surface area contributed by atoms with Crippen molar-refractivity contribution < 1.29 is 27.5 Å². The molecule has 0 aliphatic carbocycles. The van der Waals surface area contributed by atoms with Gasteiger partial charge in [-0.05, 0) is 23.8 Å². The van der Waals surface area contributed by atoms with Crippen LogP contribution in [0.1, 0.15) is 23.6 Å². The number of hydrogen-bond acceptors (Lipinski definition) is 3. The van der Waals surface area contributed by atoms with Crippen molar-refractivity contribution in [3.8, 4) is 0 Å². The Labute approximate surface area is 142 Å². The molecule has 132 valence electrons. The van der Waals surface area contributed by atoms with Crippen LogP contribution in [-0.4, -0.2) is 11.9 Å². The maximum atomic E-state index is 12.9. The number of carbonyl (C=O) groups is 2. The number of anilines is 1. The van der Waals surface area contributed by atoms with Crippen molar-refractivity contribution in [2.24, 2.45) is 0 Å². The smallest absolute Gasteiger partial charge is 0.416 e. The molecule has 0 bridgehead atoms. The van der Waals surface area contributed by atoms with Gasteiger partial charge >= 0.3 is 12.1 Å². The Morgan fingerprint density at radius 1 is 1.04 bits per heavy atom. The van der Waals surface area contributed by atoms with Crippen LogP contribution >= 0.6 is 0 Å². The molecule has 0 aliphatic rings. The minimum Gasteiger partial charge on any atom is -0.461 e. The number of amides is 1. The number of nitrogens with one attached hydrogen (secondary N) is 1. The van der Waals surface area contributed by atoms with Crippen LogP contribution in [0.5, 0.6) is 0 Å². The van der Waals surface area contributed by atoms with Crippen molar-refractivity contribution in [3.63, 3.8) is 0 Å². The zero-order chi connectivity index (χ0) is 18.4. The largest absolute Gasteiger partial charge is 0.461 e. The maximum absolute atomic E-state index is 12.9. The second-order valence-electron chi connectivity index (χ2n) is 5.37. The average molecular weight is 351 g/mol. The van der Waals surface area contributed by atoms with E-state index in [2.05, 4.69) is 5.32 Å². The van der Waals surface area contributed by atoms with Gasteiger partial charge < -0.3 is 10.1 Å². The molecule has 1 N–H and O–H groups in total. The molecule has 1 amide bonds. The molecule has 0 spiro atoms. The first-order chi connectivity index (χ1) is 11.8. The van der Waals surface area contributed by atoms with E-state index >= 15 is 0 Å². The lowest BCUT2D eigenvalue weighted by Crippen LogP contribution is -2.13. The molecule has 25 heavy (non-hydrogen) atoms. The van der Waals surface area contributed by atoms with Crippen LogP contribution in [-0.2, 0) is 33.5 Å². The van der Waals surface area contributed by atoms with Gasteiger partial charge in [0.2, 0.25) is 5.91 Å². The van der Waals surface area contributed by atoms with Crippen molar-refractivity contribution >= 4 is 17.6 Å². The van der Waals surface area contributed by atoms with Gasteiger partial charge in [0.15, 0.2) is 0 Å². The first-order valence-electron chi connectivity index (χ1n) is 7.43. The van der Waals surface area contributed by atoms with E-state index in [1.54, 1.807) is 24.3 Å². The van der Waals surface area contributed by atoms with Crippen molar-refractivity contribution in [1.29, 1.82) is 0 Å². The Kier molecular flexibility index (Phi) is 5.80. The molecule has 0 saturated carbocycles. The van der Waals surface area contributed by atoms with E-state index in [1.807, 2.05) is 0 Å². The van der Waals surface area contributed by atoms with E-state index in [0.717, 1.165) is 6.07 Å². The predicted octanol–water partition coefficient (Wildman–Crippen LogP) is 3.95. The van der Waals surface area contributed by atoms with Gasteiger partial charge in [-0.25, -0.2) is 0 Å². The molecule has 0 heterocycles. The number of carbonyl (C=O) groups excluding carboxylic acids is 2. The minimum atomic E-state index is -4.50. The standard InChI is InChI=1S/C18H16F3NO3/c1-12(23)22-15-8-6-13(7-9-15)10-17(24)25-11-14-4-2-3-5-16(14)18(19,20)21/h2-9H,10-11H2,1H3,(H,22,23). The van der Waals surface area contributed by atoms with E-state index in [9.17, 15) is 22.8 Å². The molecule has 0 aromatic heterocycles. The van der Waals surface area contributed by atoms with E-state index in [0.29, 0.717) is 11.3 Å². The number of rotatable bonds is 5. The van der Waals surface area contributed by atoms with Crippen LogP contribution in [0.4, 0.5) is 18.9 Å². The summed E-state index contributed by atoms with van der Waals surface area (Å²) in [6.07, 6.45) is -4.57. The van der Waals surface area contributed by atoms with Crippen LogP contribution < -0.4 is 5.32 Å². The zero-order valence-corrected chi connectivity index (χ0v) is 13.4. The molecular formula is C18H16F3NO3. The fourth-order valence-corrected chi connectivity index (χ4v) is 2.21. The van der Waals surface area contributed by atoms with Gasteiger partial charge in [0.25, 0.3) is 0 Å². The van der Waals surface area contributed by atoms with Gasteiger partial charge in [0, 0.05) is 18.2 Å². The first kappa shape index (κ1) is 18.5. The summed E-state index contributed by atoms with van der Waals surface area (Å²) in [7, 11) is 0. The quantitative estimate of drug-likeness (QED) is 0.830. The Bertz CT molecular complexity index is 755. The zero-order valence-electron chi connectivity index (χ0n) is 13.4. The van der Waals surface area contributed by atoms with Crippen LogP contribution in [0.2, 0.25) is 0 Å². The summed E-state index contributed by atoms with van der Waals surface area (Å²) in [5.74, 6) is -0.847. The molecule has 0 unspecified atom stereocenters. The number of hydrogen-bond donors (Lipinski definition) is 1. The number of benzene rings is 2. The van der Waals surface area contributed by atoms with E-state index in [1.165, 1.54) is 25.1 Å². The highest BCUT2D eigenvalue weighted by atomic mass is 19.4. The third kappa shape index (κ3) is 5.63. The summed E-state index contributed by atoms with van der Waals surface area (Å²) in [6.45, 7) is 0.933. The maximum Gasteiger partial charge on any atom is 0.416 e. The molecule has 0 radical (unpaired) electrons. The van der Waals surface area contributed by atoms with Crippen LogP contribution in [0.3, 0.4) is 0 Å². The molecule has 0 fully saturated rings. The summed E-state index contributed by atoms with van der Waals surface area (Å²) in [5.41, 5.74) is 0.304. The minimum absolute atomic E-state index is 0.0749. The average Bonchev–Trinajstić information content (AvgIpc) is 2.54. The molecule has 2 aromatic carbocycles. The number of alkyl halides is 3.